The predicted octanol–water partition coefficient (Wildman–Crippen LogP) is 4.02. The lowest BCUT2D eigenvalue weighted by molar-refractivity contribution is 0.350. The lowest BCUT2D eigenvalue weighted by atomic mass is 10.1. The highest BCUT2D eigenvalue weighted by Crippen LogP contribution is 2.43. The van der Waals surface area contributed by atoms with Crippen molar-refractivity contribution in [3.63, 3.8) is 0 Å². The molecule has 0 bridgehead atoms. The molecule has 2 heterocycles. The number of ether oxygens (including phenoxy) is 1. The Morgan fingerprint density at radius 3 is 2.62 bits per heavy atom. The van der Waals surface area contributed by atoms with Crippen LogP contribution in [0.25, 0.3) is 33.7 Å². The molecule has 130 valence electrons. The molecule has 0 amide bonds. The number of phenolic OH excluding ortho intramolecular Hbond substituents is 2. The van der Waals surface area contributed by atoms with Gasteiger partial charge in [0.2, 0.25) is 5.75 Å². The average molecular weight is 347 g/mol. The fourth-order valence-electron chi connectivity index (χ4n) is 2.96. The number of pyridine rings is 1. The summed E-state index contributed by atoms with van der Waals surface area (Å²) in [5.74, 6) is 0.290. The molecule has 4 aromatic rings. The zero-order chi connectivity index (χ0) is 18.3. The second kappa shape index (κ2) is 6.07. The van der Waals surface area contributed by atoms with E-state index in [0.29, 0.717) is 17.0 Å². The Bertz CT molecular complexity index is 1100. The van der Waals surface area contributed by atoms with Gasteiger partial charge in [0.25, 0.3) is 0 Å². The second-order valence-corrected chi connectivity index (χ2v) is 5.98. The number of hydrogen-bond acceptors (Lipinski definition) is 5. The number of imidazole rings is 1. The molecule has 0 aliphatic rings. The average Bonchev–Trinajstić information content (AvgIpc) is 3.10. The van der Waals surface area contributed by atoms with Crippen LogP contribution in [0.2, 0.25) is 0 Å². The largest absolute Gasteiger partial charge is 0.504 e. The van der Waals surface area contributed by atoms with Gasteiger partial charge in [-0.05, 0) is 37.3 Å². The van der Waals surface area contributed by atoms with Crippen molar-refractivity contribution in [2.45, 2.75) is 6.92 Å². The first-order chi connectivity index (χ1) is 12.6. The minimum absolute atomic E-state index is 0.192. The first-order valence-corrected chi connectivity index (χ1v) is 8.09. The van der Waals surface area contributed by atoms with Gasteiger partial charge in [-0.3, -0.25) is 4.98 Å². The van der Waals surface area contributed by atoms with Gasteiger partial charge in [0.05, 0.1) is 23.8 Å². The Labute approximate surface area is 149 Å². The molecule has 6 nitrogen and oxygen atoms in total. The van der Waals surface area contributed by atoms with Crippen LogP contribution in [0.4, 0.5) is 0 Å². The van der Waals surface area contributed by atoms with Gasteiger partial charge < -0.3 is 19.9 Å². The van der Waals surface area contributed by atoms with E-state index in [1.54, 1.807) is 19.2 Å². The molecule has 3 N–H and O–H groups in total. The molecular weight excluding hydrogens is 330 g/mol. The van der Waals surface area contributed by atoms with Crippen LogP contribution < -0.4 is 4.74 Å². The van der Waals surface area contributed by atoms with Crippen LogP contribution in [0.3, 0.4) is 0 Å². The Kier molecular flexibility index (Phi) is 3.73. The maximum atomic E-state index is 10.1. The van der Waals surface area contributed by atoms with Crippen molar-refractivity contribution in [3.05, 3.63) is 54.2 Å². The number of nitrogens with zero attached hydrogens (tertiary/aromatic N) is 2. The lowest BCUT2D eigenvalue weighted by Crippen LogP contribution is -1.91. The van der Waals surface area contributed by atoms with Gasteiger partial charge in [0.15, 0.2) is 11.5 Å². The number of aromatic amines is 1. The summed E-state index contributed by atoms with van der Waals surface area (Å²) in [5, 5.41) is 20.1. The second-order valence-electron chi connectivity index (χ2n) is 5.98. The maximum Gasteiger partial charge on any atom is 0.200 e. The van der Waals surface area contributed by atoms with Crippen LogP contribution in [0.1, 0.15) is 5.56 Å². The molecule has 6 heteroatoms. The first-order valence-electron chi connectivity index (χ1n) is 8.09. The molecule has 0 spiro atoms. The molecular formula is C20H17N3O3. The summed E-state index contributed by atoms with van der Waals surface area (Å²) in [6.07, 6.45) is 1.75. The van der Waals surface area contributed by atoms with Crippen molar-refractivity contribution < 1.29 is 14.9 Å². The summed E-state index contributed by atoms with van der Waals surface area (Å²) < 4.78 is 5.13. The van der Waals surface area contributed by atoms with Crippen molar-refractivity contribution in [2.24, 2.45) is 0 Å². The Morgan fingerprint density at radius 2 is 1.88 bits per heavy atom. The zero-order valence-electron chi connectivity index (χ0n) is 14.3. The number of nitrogens with one attached hydrogen (secondary N) is 1. The van der Waals surface area contributed by atoms with Gasteiger partial charge in [-0.25, -0.2) is 4.98 Å². The van der Waals surface area contributed by atoms with Crippen LogP contribution in [-0.4, -0.2) is 32.3 Å². The summed E-state index contributed by atoms with van der Waals surface area (Å²) in [5.41, 5.74) is 4.68. The summed E-state index contributed by atoms with van der Waals surface area (Å²) in [4.78, 5) is 12.3. The third-order valence-corrected chi connectivity index (χ3v) is 4.41. The van der Waals surface area contributed by atoms with Gasteiger partial charge in [-0.1, -0.05) is 12.1 Å². The maximum absolute atomic E-state index is 10.1. The quantitative estimate of drug-likeness (QED) is 0.487. The minimum atomic E-state index is -0.276. The first kappa shape index (κ1) is 16.0. The number of rotatable bonds is 3. The third-order valence-electron chi connectivity index (χ3n) is 4.41. The highest BCUT2D eigenvalue weighted by molar-refractivity contribution is 5.85. The molecule has 2 aromatic carbocycles. The van der Waals surface area contributed by atoms with Crippen LogP contribution in [0.5, 0.6) is 17.2 Å². The number of aromatic hydroxyl groups is 2. The van der Waals surface area contributed by atoms with E-state index < -0.39 is 0 Å². The number of phenols is 2. The van der Waals surface area contributed by atoms with Crippen LogP contribution in [0.15, 0.2) is 48.7 Å². The Balaban J connectivity index is 1.85. The van der Waals surface area contributed by atoms with E-state index >= 15 is 0 Å². The Morgan fingerprint density at radius 1 is 1.04 bits per heavy atom. The van der Waals surface area contributed by atoms with Crippen molar-refractivity contribution in [3.8, 4) is 39.9 Å². The van der Waals surface area contributed by atoms with E-state index in [1.807, 2.05) is 36.4 Å². The van der Waals surface area contributed by atoms with Gasteiger partial charge >= 0.3 is 0 Å². The minimum Gasteiger partial charge on any atom is -0.504 e. The van der Waals surface area contributed by atoms with Crippen molar-refractivity contribution in [1.29, 1.82) is 0 Å². The Hall–Kier alpha value is -3.54. The van der Waals surface area contributed by atoms with Crippen LogP contribution in [-0.2, 0) is 0 Å². The summed E-state index contributed by atoms with van der Waals surface area (Å²) in [6, 6.07) is 13.3. The van der Waals surface area contributed by atoms with Crippen LogP contribution >= 0.6 is 0 Å². The molecule has 26 heavy (non-hydrogen) atoms. The van der Waals surface area contributed by atoms with Crippen molar-refractivity contribution in [2.75, 3.05) is 7.11 Å². The molecule has 0 saturated carbocycles. The highest BCUT2D eigenvalue weighted by atomic mass is 16.5. The molecule has 0 fully saturated rings. The summed E-state index contributed by atoms with van der Waals surface area (Å²) in [7, 11) is 1.44. The lowest BCUT2D eigenvalue weighted by Gasteiger charge is -2.11. The third kappa shape index (κ3) is 2.52. The summed E-state index contributed by atoms with van der Waals surface area (Å²) >= 11 is 0. The van der Waals surface area contributed by atoms with E-state index in [1.165, 1.54) is 7.11 Å². The van der Waals surface area contributed by atoms with E-state index in [-0.39, 0.29) is 17.2 Å². The topological polar surface area (TPSA) is 91.3 Å². The van der Waals surface area contributed by atoms with Gasteiger partial charge in [0.1, 0.15) is 5.82 Å². The monoisotopic (exact) mass is 347 g/mol. The number of methoxy groups -OCH3 is 1. The molecule has 2 aromatic heterocycles. The molecule has 0 unspecified atom stereocenters. The van der Waals surface area contributed by atoms with E-state index in [0.717, 1.165) is 22.3 Å². The number of benzene rings is 2. The van der Waals surface area contributed by atoms with E-state index in [9.17, 15) is 10.2 Å². The van der Waals surface area contributed by atoms with Crippen LogP contribution in [0, 0.1) is 6.92 Å². The SMILES string of the molecule is COc1cc(-c2nc3cc(-c4ccccn4)ccc3[nH]2)c(C)c(O)c1O. The number of aromatic nitrogens is 3. The number of H-pyrrole nitrogens is 1. The molecule has 0 atom stereocenters. The van der Waals surface area contributed by atoms with Crippen molar-refractivity contribution >= 4 is 11.0 Å². The molecule has 0 aliphatic carbocycles. The zero-order valence-corrected chi connectivity index (χ0v) is 14.3. The predicted molar refractivity (Wildman–Crippen MR) is 99.4 cm³/mol. The number of fused-ring (bicyclic) bond motifs is 1. The fourth-order valence-corrected chi connectivity index (χ4v) is 2.96. The van der Waals surface area contributed by atoms with E-state index in [4.69, 9.17) is 4.74 Å². The molecule has 0 aliphatic heterocycles. The van der Waals surface area contributed by atoms with Crippen molar-refractivity contribution in [1.82, 2.24) is 15.0 Å². The molecule has 0 saturated heterocycles. The number of hydrogen-bond donors (Lipinski definition) is 3. The smallest absolute Gasteiger partial charge is 0.200 e. The molecule has 4 rings (SSSR count). The van der Waals surface area contributed by atoms with Gasteiger partial charge in [-0.15, -0.1) is 0 Å². The normalized spacial score (nSPS) is 11.0. The summed E-state index contributed by atoms with van der Waals surface area (Å²) in [6.45, 7) is 1.72. The highest BCUT2D eigenvalue weighted by Gasteiger charge is 2.18. The molecule has 0 radical (unpaired) electrons. The van der Waals surface area contributed by atoms with Gasteiger partial charge in [-0.2, -0.15) is 0 Å². The fraction of sp³-hybridized carbons (Fsp3) is 0.100. The standard InChI is InChI=1S/C20H17N3O3/c1-11-13(10-17(26-2)19(25)18(11)24)20-22-15-7-6-12(9-16(15)23-20)14-5-3-4-8-21-14/h3-10,24-25H,1-2H3,(H,22,23). The van der Waals surface area contributed by atoms with E-state index in [2.05, 4.69) is 15.0 Å². The van der Waals surface area contributed by atoms with Gasteiger partial charge in [0, 0.05) is 22.9 Å².